The van der Waals surface area contributed by atoms with E-state index in [-0.39, 0.29) is 15.8 Å². The summed E-state index contributed by atoms with van der Waals surface area (Å²) in [6.07, 6.45) is 0. The van der Waals surface area contributed by atoms with Gasteiger partial charge in [0.25, 0.3) is 0 Å². The van der Waals surface area contributed by atoms with E-state index in [2.05, 4.69) is 9.46 Å². The highest BCUT2D eigenvalue weighted by Gasteiger charge is 2.30. The van der Waals surface area contributed by atoms with Crippen LogP contribution in [0.3, 0.4) is 0 Å². The minimum Gasteiger partial charge on any atom is -0.468 e. The zero-order valence-corrected chi connectivity index (χ0v) is 13.5. The molecule has 1 N–H and O–H groups in total. The molecule has 20 heavy (non-hydrogen) atoms. The molecule has 1 rings (SSSR count). The molecule has 0 radical (unpaired) electrons. The summed E-state index contributed by atoms with van der Waals surface area (Å²) in [7, 11) is -2.75. The van der Waals surface area contributed by atoms with Crippen LogP contribution in [0.15, 0.2) is 23.1 Å². The van der Waals surface area contributed by atoms with Gasteiger partial charge in [-0.3, -0.25) is 4.79 Å². The standard InChI is InChI=1S/C12H15Cl2NO4S/c1-7(2)11(12(16)19-3)15-20(17,18)10-5-4-8(13)6-9(10)14/h4-7,11,15H,1-3H3. The maximum atomic E-state index is 12.3. The highest BCUT2D eigenvalue weighted by molar-refractivity contribution is 7.89. The Kier molecular flexibility index (Phi) is 5.82. The van der Waals surface area contributed by atoms with Crippen molar-refractivity contribution in [2.75, 3.05) is 7.11 Å². The molecule has 0 bridgehead atoms. The molecule has 1 atom stereocenters. The molecule has 0 saturated heterocycles. The van der Waals surface area contributed by atoms with Gasteiger partial charge in [0.1, 0.15) is 10.9 Å². The van der Waals surface area contributed by atoms with Crippen molar-refractivity contribution in [3.63, 3.8) is 0 Å². The summed E-state index contributed by atoms with van der Waals surface area (Å²) in [6.45, 7) is 3.40. The van der Waals surface area contributed by atoms with Crippen LogP contribution in [0.1, 0.15) is 13.8 Å². The number of benzene rings is 1. The minimum absolute atomic E-state index is 0.0163. The highest BCUT2D eigenvalue weighted by atomic mass is 35.5. The second-order valence-electron chi connectivity index (χ2n) is 4.44. The molecular weight excluding hydrogens is 325 g/mol. The van der Waals surface area contributed by atoms with Crippen molar-refractivity contribution in [1.82, 2.24) is 4.72 Å². The molecule has 0 aliphatic heterocycles. The lowest BCUT2D eigenvalue weighted by atomic mass is 10.1. The number of hydrogen-bond donors (Lipinski definition) is 1. The fraction of sp³-hybridized carbons (Fsp3) is 0.417. The van der Waals surface area contributed by atoms with Crippen LogP contribution in [0.4, 0.5) is 0 Å². The van der Waals surface area contributed by atoms with Crippen molar-refractivity contribution in [2.45, 2.75) is 24.8 Å². The van der Waals surface area contributed by atoms with Crippen LogP contribution in [0.25, 0.3) is 0 Å². The molecule has 1 aromatic carbocycles. The van der Waals surface area contributed by atoms with E-state index in [4.69, 9.17) is 23.2 Å². The third-order valence-corrected chi connectivity index (χ3v) is 4.75. The third-order valence-electron chi connectivity index (χ3n) is 2.59. The van der Waals surface area contributed by atoms with Gasteiger partial charge in [0.15, 0.2) is 0 Å². The number of carbonyl (C=O) groups excluding carboxylic acids is 1. The maximum absolute atomic E-state index is 12.3. The van der Waals surface area contributed by atoms with E-state index in [1.165, 1.54) is 25.3 Å². The molecule has 0 aromatic heterocycles. The van der Waals surface area contributed by atoms with Gasteiger partial charge in [-0.1, -0.05) is 37.0 Å². The Morgan fingerprint density at radius 2 is 1.90 bits per heavy atom. The van der Waals surface area contributed by atoms with Crippen LogP contribution >= 0.6 is 23.2 Å². The van der Waals surface area contributed by atoms with Gasteiger partial charge < -0.3 is 4.74 Å². The first-order valence-electron chi connectivity index (χ1n) is 5.74. The number of ether oxygens (including phenoxy) is 1. The number of esters is 1. The zero-order chi connectivity index (χ0) is 15.5. The lowest BCUT2D eigenvalue weighted by molar-refractivity contribution is -0.143. The van der Waals surface area contributed by atoms with E-state index in [0.717, 1.165) is 0 Å². The summed E-state index contributed by atoms with van der Waals surface area (Å²) >= 11 is 11.6. The number of carbonyl (C=O) groups is 1. The fourth-order valence-corrected chi connectivity index (χ4v) is 3.61. The smallest absolute Gasteiger partial charge is 0.324 e. The summed E-state index contributed by atoms with van der Waals surface area (Å²) in [5.74, 6) is -0.933. The molecule has 0 saturated carbocycles. The molecule has 0 aliphatic rings. The Morgan fingerprint density at radius 3 is 2.35 bits per heavy atom. The molecule has 0 fully saturated rings. The van der Waals surface area contributed by atoms with Crippen LogP contribution in [-0.4, -0.2) is 27.5 Å². The Bertz CT molecular complexity index is 601. The number of sulfonamides is 1. The maximum Gasteiger partial charge on any atom is 0.324 e. The first kappa shape index (κ1) is 17.2. The number of nitrogens with one attached hydrogen (secondary N) is 1. The van der Waals surface area contributed by atoms with Crippen molar-refractivity contribution < 1.29 is 17.9 Å². The van der Waals surface area contributed by atoms with Crippen LogP contribution in [0.2, 0.25) is 10.0 Å². The summed E-state index contributed by atoms with van der Waals surface area (Å²) in [6, 6.07) is 3.02. The van der Waals surface area contributed by atoms with Crippen molar-refractivity contribution in [3.8, 4) is 0 Å². The van der Waals surface area contributed by atoms with Crippen LogP contribution in [-0.2, 0) is 19.6 Å². The molecular formula is C12H15Cl2NO4S. The Labute approximate surface area is 128 Å². The topological polar surface area (TPSA) is 72.5 Å². The summed E-state index contributed by atoms with van der Waals surface area (Å²) in [5, 5.41) is 0.305. The second-order valence-corrected chi connectivity index (χ2v) is 6.97. The summed E-state index contributed by atoms with van der Waals surface area (Å²) in [4.78, 5) is 11.5. The molecule has 1 unspecified atom stereocenters. The number of methoxy groups -OCH3 is 1. The first-order valence-corrected chi connectivity index (χ1v) is 7.98. The van der Waals surface area contributed by atoms with E-state index < -0.39 is 22.0 Å². The molecule has 8 heteroatoms. The third kappa shape index (κ3) is 4.09. The van der Waals surface area contributed by atoms with Crippen LogP contribution in [0.5, 0.6) is 0 Å². The SMILES string of the molecule is COC(=O)C(NS(=O)(=O)c1ccc(Cl)cc1Cl)C(C)C. The number of halogens is 2. The predicted octanol–water partition coefficient (Wildman–Crippen LogP) is 2.47. The lowest BCUT2D eigenvalue weighted by Crippen LogP contribution is -2.44. The van der Waals surface area contributed by atoms with Crippen molar-refractivity contribution in [1.29, 1.82) is 0 Å². The van der Waals surface area contributed by atoms with Crippen molar-refractivity contribution in [3.05, 3.63) is 28.2 Å². The summed E-state index contributed by atoms with van der Waals surface area (Å²) in [5.41, 5.74) is 0. The van der Waals surface area contributed by atoms with Gasteiger partial charge in [0, 0.05) is 5.02 Å². The van der Waals surface area contributed by atoms with Gasteiger partial charge in [-0.25, -0.2) is 8.42 Å². The number of hydrogen-bond acceptors (Lipinski definition) is 4. The first-order chi connectivity index (χ1) is 9.19. The van der Waals surface area contributed by atoms with E-state index in [9.17, 15) is 13.2 Å². The van der Waals surface area contributed by atoms with E-state index in [0.29, 0.717) is 5.02 Å². The Morgan fingerprint density at radius 1 is 1.30 bits per heavy atom. The average molecular weight is 340 g/mol. The predicted molar refractivity (Wildman–Crippen MR) is 77.4 cm³/mol. The van der Waals surface area contributed by atoms with Gasteiger partial charge in [-0.2, -0.15) is 4.72 Å². The van der Waals surface area contributed by atoms with Crippen LogP contribution < -0.4 is 4.72 Å². The molecule has 1 aromatic rings. The molecule has 0 aliphatic carbocycles. The highest BCUT2D eigenvalue weighted by Crippen LogP contribution is 2.25. The Balaban J connectivity index is 3.13. The van der Waals surface area contributed by atoms with E-state index in [1.807, 2.05) is 0 Å². The lowest BCUT2D eigenvalue weighted by Gasteiger charge is -2.20. The van der Waals surface area contributed by atoms with Gasteiger partial charge in [-0.15, -0.1) is 0 Å². The molecule has 0 spiro atoms. The molecule has 0 amide bonds. The molecule has 5 nitrogen and oxygen atoms in total. The van der Waals surface area contributed by atoms with Gasteiger partial charge >= 0.3 is 5.97 Å². The largest absolute Gasteiger partial charge is 0.468 e. The van der Waals surface area contributed by atoms with Crippen molar-refractivity contribution in [2.24, 2.45) is 5.92 Å². The fourth-order valence-electron chi connectivity index (χ4n) is 1.51. The quantitative estimate of drug-likeness (QED) is 0.836. The zero-order valence-electron chi connectivity index (χ0n) is 11.2. The second kappa shape index (κ2) is 6.76. The number of rotatable bonds is 5. The minimum atomic E-state index is -3.95. The van der Waals surface area contributed by atoms with E-state index in [1.54, 1.807) is 13.8 Å². The van der Waals surface area contributed by atoms with Gasteiger partial charge in [-0.05, 0) is 24.1 Å². The monoisotopic (exact) mass is 339 g/mol. The van der Waals surface area contributed by atoms with Gasteiger partial charge in [0.05, 0.1) is 12.1 Å². The Hall–Kier alpha value is -0.820. The average Bonchev–Trinajstić information content (AvgIpc) is 2.34. The van der Waals surface area contributed by atoms with Gasteiger partial charge in [0.2, 0.25) is 10.0 Å². The van der Waals surface area contributed by atoms with Crippen LogP contribution in [0, 0.1) is 5.92 Å². The van der Waals surface area contributed by atoms with E-state index >= 15 is 0 Å². The molecule has 0 heterocycles. The normalized spacial score (nSPS) is 13.3. The summed E-state index contributed by atoms with van der Waals surface area (Å²) < 4.78 is 31.4. The van der Waals surface area contributed by atoms with Crippen molar-refractivity contribution >= 4 is 39.2 Å². The molecule has 112 valence electrons.